The van der Waals surface area contributed by atoms with Gasteiger partial charge in [0, 0.05) is 0 Å². The van der Waals surface area contributed by atoms with Crippen molar-refractivity contribution >= 4 is 0 Å². The fraction of sp³-hybridized carbons (Fsp3) is 1.00. The lowest BCUT2D eigenvalue weighted by atomic mass is 9.73. The van der Waals surface area contributed by atoms with Crippen LogP contribution in [0.3, 0.4) is 0 Å². The first-order valence-electron chi connectivity index (χ1n) is 13.3. The van der Waals surface area contributed by atoms with Crippen molar-refractivity contribution in [3.63, 3.8) is 0 Å². The molecule has 168 valence electrons. The van der Waals surface area contributed by atoms with Gasteiger partial charge in [-0.1, -0.05) is 137 Å². The fourth-order valence-electron chi connectivity index (χ4n) is 5.54. The minimum Gasteiger partial charge on any atom is -0.0654 e. The molecule has 1 saturated carbocycles. The zero-order valence-corrected chi connectivity index (χ0v) is 20.7. The summed E-state index contributed by atoms with van der Waals surface area (Å²) >= 11 is 0. The molecule has 0 nitrogen and oxygen atoms in total. The molecule has 0 radical (unpaired) electrons. The molecule has 0 spiro atoms. The van der Waals surface area contributed by atoms with Gasteiger partial charge in [0.15, 0.2) is 0 Å². The van der Waals surface area contributed by atoms with E-state index in [0.29, 0.717) is 10.8 Å². The van der Waals surface area contributed by atoms with Crippen molar-refractivity contribution in [1.29, 1.82) is 0 Å². The highest BCUT2D eigenvalue weighted by Gasteiger charge is 2.25. The summed E-state index contributed by atoms with van der Waals surface area (Å²) in [5.74, 6) is 1.03. The third kappa shape index (κ3) is 14.1. The molecule has 0 aromatic carbocycles. The number of hydrogen-bond donors (Lipinski definition) is 0. The molecule has 28 heavy (non-hydrogen) atoms. The molecule has 0 aromatic heterocycles. The minimum absolute atomic E-state index is 0.557. The second kappa shape index (κ2) is 14.9. The first kappa shape index (κ1) is 26.0. The van der Waals surface area contributed by atoms with E-state index in [1.54, 1.807) is 0 Å². The Kier molecular flexibility index (Phi) is 13.9. The molecule has 0 atom stereocenters. The maximum atomic E-state index is 2.54. The maximum Gasteiger partial charge on any atom is -0.0352 e. The van der Waals surface area contributed by atoms with Gasteiger partial charge in [0.1, 0.15) is 0 Å². The van der Waals surface area contributed by atoms with E-state index < -0.39 is 0 Å². The largest absolute Gasteiger partial charge is 0.0654 e. The van der Waals surface area contributed by atoms with Crippen molar-refractivity contribution in [3.8, 4) is 0 Å². The Morgan fingerprint density at radius 2 is 1.00 bits per heavy atom. The standard InChI is InChI=1S/C28H56/c1-6-7-8-9-10-11-12-13-14-18-22-27(2,3)23-19-24-28(4,5)25-26-20-16-15-17-21-26/h26H,6-25H2,1-5H3. The van der Waals surface area contributed by atoms with Crippen molar-refractivity contribution in [3.05, 3.63) is 0 Å². The molecular weight excluding hydrogens is 336 g/mol. The van der Waals surface area contributed by atoms with Crippen LogP contribution in [-0.2, 0) is 0 Å². The van der Waals surface area contributed by atoms with E-state index in [9.17, 15) is 0 Å². The van der Waals surface area contributed by atoms with Crippen molar-refractivity contribution in [1.82, 2.24) is 0 Å². The summed E-state index contributed by atoms with van der Waals surface area (Å²) in [6, 6.07) is 0. The van der Waals surface area contributed by atoms with Crippen molar-refractivity contribution in [2.75, 3.05) is 0 Å². The van der Waals surface area contributed by atoms with E-state index in [2.05, 4.69) is 34.6 Å². The SMILES string of the molecule is CCCCCCCCCCCCC(C)(C)CCCC(C)(C)CC1CCCCC1. The molecule has 0 saturated heterocycles. The Morgan fingerprint density at radius 3 is 1.57 bits per heavy atom. The molecule has 0 heterocycles. The van der Waals surface area contributed by atoms with Crippen LogP contribution in [0.25, 0.3) is 0 Å². The van der Waals surface area contributed by atoms with Crippen LogP contribution >= 0.6 is 0 Å². The van der Waals surface area contributed by atoms with Gasteiger partial charge < -0.3 is 0 Å². The molecule has 0 bridgehead atoms. The van der Waals surface area contributed by atoms with E-state index in [0.717, 1.165) is 5.92 Å². The van der Waals surface area contributed by atoms with Gasteiger partial charge in [0.25, 0.3) is 0 Å². The normalized spacial score (nSPS) is 16.6. The number of rotatable bonds is 17. The van der Waals surface area contributed by atoms with Gasteiger partial charge in [0.05, 0.1) is 0 Å². The molecule has 0 amide bonds. The molecule has 0 N–H and O–H groups in total. The quantitative estimate of drug-likeness (QED) is 0.216. The van der Waals surface area contributed by atoms with Crippen molar-refractivity contribution in [2.45, 2.75) is 163 Å². The van der Waals surface area contributed by atoms with Gasteiger partial charge in [-0.25, -0.2) is 0 Å². The molecule has 0 aliphatic heterocycles. The van der Waals surface area contributed by atoms with Gasteiger partial charge in [-0.2, -0.15) is 0 Å². The predicted molar refractivity (Wildman–Crippen MR) is 129 cm³/mol. The number of hydrogen-bond acceptors (Lipinski definition) is 0. The van der Waals surface area contributed by atoms with Crippen molar-refractivity contribution < 1.29 is 0 Å². The summed E-state index contributed by atoms with van der Waals surface area (Å²) < 4.78 is 0. The van der Waals surface area contributed by atoms with Crippen molar-refractivity contribution in [2.24, 2.45) is 16.7 Å². The molecule has 1 aliphatic carbocycles. The smallest absolute Gasteiger partial charge is 0.0352 e. The Hall–Kier alpha value is 0. The summed E-state index contributed by atoms with van der Waals surface area (Å²) in [6.07, 6.45) is 29.3. The van der Waals surface area contributed by atoms with Crippen LogP contribution in [0.4, 0.5) is 0 Å². The average molecular weight is 393 g/mol. The third-order valence-corrected chi connectivity index (χ3v) is 7.48. The monoisotopic (exact) mass is 392 g/mol. The molecule has 0 aromatic rings. The number of unbranched alkanes of at least 4 members (excludes halogenated alkanes) is 9. The van der Waals surface area contributed by atoms with E-state index in [1.807, 2.05) is 0 Å². The van der Waals surface area contributed by atoms with Crippen LogP contribution in [0.5, 0.6) is 0 Å². The average Bonchev–Trinajstić information content (AvgIpc) is 2.63. The molecule has 0 unspecified atom stereocenters. The van der Waals surface area contributed by atoms with Gasteiger partial charge >= 0.3 is 0 Å². The van der Waals surface area contributed by atoms with Crippen LogP contribution in [0.2, 0.25) is 0 Å². The lowest BCUT2D eigenvalue weighted by Gasteiger charge is -2.33. The third-order valence-electron chi connectivity index (χ3n) is 7.48. The zero-order chi connectivity index (χ0) is 20.7. The summed E-state index contributed by atoms with van der Waals surface area (Å²) in [7, 11) is 0. The predicted octanol–water partition coefficient (Wildman–Crippen LogP) is 10.5. The highest BCUT2D eigenvalue weighted by atomic mass is 14.3. The molecule has 1 fully saturated rings. The Balaban J connectivity index is 2.02. The lowest BCUT2D eigenvalue weighted by molar-refractivity contribution is 0.190. The van der Waals surface area contributed by atoms with Gasteiger partial charge in [-0.15, -0.1) is 0 Å². The lowest BCUT2D eigenvalue weighted by Crippen LogP contribution is -2.20. The fourth-order valence-corrected chi connectivity index (χ4v) is 5.54. The van der Waals surface area contributed by atoms with E-state index >= 15 is 0 Å². The topological polar surface area (TPSA) is 0 Å². The van der Waals surface area contributed by atoms with Gasteiger partial charge in [0.2, 0.25) is 0 Å². The van der Waals surface area contributed by atoms with E-state index in [1.165, 1.54) is 128 Å². The summed E-state index contributed by atoms with van der Waals surface area (Å²) in [6.45, 7) is 12.4. The zero-order valence-electron chi connectivity index (χ0n) is 20.7. The summed E-state index contributed by atoms with van der Waals surface area (Å²) in [5, 5.41) is 0. The molecular formula is C28H56. The van der Waals surface area contributed by atoms with Crippen LogP contribution < -0.4 is 0 Å². The van der Waals surface area contributed by atoms with Crippen LogP contribution in [0, 0.1) is 16.7 Å². The summed E-state index contributed by atoms with van der Waals surface area (Å²) in [5.41, 5.74) is 1.12. The van der Waals surface area contributed by atoms with Crippen LogP contribution in [0.1, 0.15) is 163 Å². The molecule has 0 heteroatoms. The highest BCUT2D eigenvalue weighted by Crippen LogP contribution is 2.39. The Morgan fingerprint density at radius 1 is 0.536 bits per heavy atom. The van der Waals surface area contributed by atoms with Crippen LogP contribution in [-0.4, -0.2) is 0 Å². The summed E-state index contributed by atoms with van der Waals surface area (Å²) in [4.78, 5) is 0. The molecule has 1 aliphatic rings. The van der Waals surface area contributed by atoms with E-state index in [4.69, 9.17) is 0 Å². The molecule has 1 rings (SSSR count). The minimum atomic E-state index is 0.557. The maximum absolute atomic E-state index is 2.54. The van der Waals surface area contributed by atoms with E-state index in [-0.39, 0.29) is 0 Å². The Bertz CT molecular complexity index is 345. The Labute approximate surface area is 180 Å². The van der Waals surface area contributed by atoms with Gasteiger partial charge in [-0.3, -0.25) is 0 Å². The first-order valence-corrected chi connectivity index (χ1v) is 13.3. The second-order valence-electron chi connectivity index (χ2n) is 11.8. The second-order valence-corrected chi connectivity index (χ2v) is 11.8. The highest BCUT2D eigenvalue weighted by molar-refractivity contribution is 4.78. The first-order chi connectivity index (χ1) is 13.3. The van der Waals surface area contributed by atoms with Gasteiger partial charge in [-0.05, 0) is 42.4 Å². The van der Waals surface area contributed by atoms with Crippen LogP contribution in [0.15, 0.2) is 0 Å².